The summed E-state index contributed by atoms with van der Waals surface area (Å²) in [5, 5.41) is 10.4. The lowest BCUT2D eigenvalue weighted by molar-refractivity contribution is -0.119. The average Bonchev–Trinajstić information content (AvgIpc) is 2.63. The molecule has 0 aliphatic heterocycles. The molecule has 3 rings (SSSR count). The number of benzene rings is 2. The first-order chi connectivity index (χ1) is 12.1. The monoisotopic (exact) mass is 340 g/mol. The molecule has 132 valence electrons. The summed E-state index contributed by atoms with van der Waals surface area (Å²) in [6, 6.07) is 9.54. The summed E-state index contributed by atoms with van der Waals surface area (Å²) in [5.74, 6) is 1.77. The third-order valence-electron chi connectivity index (χ3n) is 4.75. The molecular weight excluding hydrogens is 316 g/mol. The van der Waals surface area contributed by atoms with Gasteiger partial charge >= 0.3 is 0 Å². The number of rotatable bonds is 2. The summed E-state index contributed by atoms with van der Waals surface area (Å²) < 4.78 is 11.1. The van der Waals surface area contributed by atoms with Crippen LogP contribution in [0.2, 0.25) is 0 Å². The Bertz CT molecular complexity index is 780. The number of Topliss-reactive ketones (excluding diaryl/α,β-unsaturated/α-hetero) is 1. The van der Waals surface area contributed by atoms with Crippen LogP contribution >= 0.6 is 0 Å². The first-order valence-electron chi connectivity index (χ1n) is 8.71. The summed E-state index contributed by atoms with van der Waals surface area (Å²) in [4.78, 5) is 12.0. The number of methoxy groups -OCH3 is 2. The Morgan fingerprint density at radius 1 is 0.840 bits per heavy atom. The number of hydrogen-bond acceptors (Lipinski definition) is 4. The zero-order valence-corrected chi connectivity index (χ0v) is 14.8. The molecule has 0 radical (unpaired) electrons. The van der Waals surface area contributed by atoms with Gasteiger partial charge in [-0.15, -0.1) is 0 Å². The largest absolute Gasteiger partial charge is 0.507 e. The minimum absolute atomic E-state index is 0.197. The van der Waals surface area contributed by atoms with Crippen LogP contribution in [-0.4, -0.2) is 25.1 Å². The first-order valence-corrected chi connectivity index (χ1v) is 8.71. The van der Waals surface area contributed by atoms with E-state index >= 15 is 0 Å². The highest BCUT2D eigenvalue weighted by Crippen LogP contribution is 2.43. The Labute approximate surface area is 148 Å². The quantitative estimate of drug-likeness (QED) is 0.885. The van der Waals surface area contributed by atoms with Gasteiger partial charge in [0.1, 0.15) is 11.5 Å². The molecule has 0 amide bonds. The molecule has 1 N–H and O–H groups in total. The molecule has 1 aliphatic rings. The van der Waals surface area contributed by atoms with Gasteiger partial charge in [-0.3, -0.25) is 4.79 Å². The van der Waals surface area contributed by atoms with Gasteiger partial charge in [0.15, 0.2) is 11.5 Å². The van der Waals surface area contributed by atoms with Crippen molar-refractivity contribution in [2.45, 2.75) is 38.5 Å². The van der Waals surface area contributed by atoms with Gasteiger partial charge in [0.25, 0.3) is 0 Å². The average molecular weight is 340 g/mol. The number of carbonyl (C=O) groups excluding carboxylic acids is 1. The topological polar surface area (TPSA) is 55.8 Å². The maximum atomic E-state index is 12.0. The molecule has 0 saturated carbocycles. The molecule has 0 heterocycles. The fourth-order valence-electron chi connectivity index (χ4n) is 3.38. The lowest BCUT2D eigenvalue weighted by atomic mass is 9.96. The van der Waals surface area contributed by atoms with E-state index in [4.69, 9.17) is 9.47 Å². The van der Waals surface area contributed by atoms with E-state index in [1.807, 2.05) is 18.2 Å². The predicted molar refractivity (Wildman–Crippen MR) is 97.5 cm³/mol. The molecule has 0 fully saturated rings. The van der Waals surface area contributed by atoms with E-state index in [2.05, 4.69) is 6.07 Å². The molecule has 4 heteroatoms. The molecule has 0 saturated heterocycles. The van der Waals surface area contributed by atoms with Gasteiger partial charge in [-0.05, 0) is 61.1 Å². The molecule has 0 unspecified atom stereocenters. The standard InChI is InChI=1S/C21H24O4/c1-24-20-13-15-5-3-4-6-16(22)9-7-14-8-10-19(23)17(11-14)18(12-15)21(20)25-2/h8,10-13,23H,3-7,9H2,1-2H3. The van der Waals surface area contributed by atoms with Crippen LogP contribution in [0.4, 0.5) is 0 Å². The van der Waals surface area contributed by atoms with Crippen molar-refractivity contribution >= 4 is 5.78 Å². The number of hydrogen-bond donors (Lipinski definition) is 1. The van der Waals surface area contributed by atoms with Crippen LogP contribution in [0.25, 0.3) is 11.1 Å². The van der Waals surface area contributed by atoms with E-state index in [0.717, 1.165) is 36.0 Å². The van der Waals surface area contributed by atoms with Crippen LogP contribution in [0.1, 0.15) is 36.8 Å². The molecule has 0 aromatic heterocycles. The van der Waals surface area contributed by atoms with Gasteiger partial charge in [-0.1, -0.05) is 6.07 Å². The van der Waals surface area contributed by atoms with Crippen LogP contribution in [0.3, 0.4) is 0 Å². The van der Waals surface area contributed by atoms with E-state index in [1.54, 1.807) is 20.3 Å². The first kappa shape index (κ1) is 17.3. The Kier molecular flexibility index (Phi) is 5.27. The molecule has 4 nitrogen and oxygen atoms in total. The molecule has 2 aromatic rings. The van der Waals surface area contributed by atoms with E-state index in [0.29, 0.717) is 42.1 Å². The highest BCUT2D eigenvalue weighted by atomic mass is 16.5. The SMILES string of the molecule is COc1cc2cc(c1OC)-c1cc(ccc1O)CCC(=O)CCCC2. The van der Waals surface area contributed by atoms with Gasteiger partial charge in [0.05, 0.1) is 14.2 Å². The fraction of sp³-hybridized carbons (Fsp3) is 0.381. The van der Waals surface area contributed by atoms with Crippen molar-refractivity contribution < 1.29 is 19.4 Å². The zero-order chi connectivity index (χ0) is 17.8. The molecule has 1 aliphatic carbocycles. The Balaban J connectivity index is 2.18. The van der Waals surface area contributed by atoms with Crippen LogP contribution in [0.15, 0.2) is 30.3 Å². The number of ether oxygens (including phenoxy) is 2. The van der Waals surface area contributed by atoms with Crippen molar-refractivity contribution in [2.75, 3.05) is 14.2 Å². The van der Waals surface area contributed by atoms with Crippen molar-refractivity contribution in [3.63, 3.8) is 0 Å². The lowest BCUT2D eigenvalue weighted by Gasteiger charge is -2.17. The summed E-state index contributed by atoms with van der Waals surface area (Å²) >= 11 is 0. The highest BCUT2D eigenvalue weighted by Gasteiger charge is 2.18. The van der Waals surface area contributed by atoms with Crippen LogP contribution in [0.5, 0.6) is 17.2 Å². The van der Waals surface area contributed by atoms with Crippen LogP contribution in [0, 0.1) is 0 Å². The fourth-order valence-corrected chi connectivity index (χ4v) is 3.38. The molecule has 0 atom stereocenters. The Hall–Kier alpha value is -2.49. The normalized spacial score (nSPS) is 14.9. The predicted octanol–water partition coefficient (Wildman–Crippen LogP) is 4.30. The van der Waals surface area contributed by atoms with Crippen molar-refractivity contribution in [3.8, 4) is 28.4 Å². The van der Waals surface area contributed by atoms with E-state index in [9.17, 15) is 9.90 Å². The van der Waals surface area contributed by atoms with Gasteiger partial charge < -0.3 is 14.6 Å². The maximum absolute atomic E-state index is 12.0. The molecule has 2 aromatic carbocycles. The minimum atomic E-state index is 0.197. The second kappa shape index (κ2) is 7.60. The second-order valence-corrected chi connectivity index (χ2v) is 6.48. The summed E-state index contributed by atoms with van der Waals surface area (Å²) in [6.45, 7) is 0. The van der Waals surface area contributed by atoms with Gasteiger partial charge in [-0.25, -0.2) is 0 Å². The van der Waals surface area contributed by atoms with Gasteiger partial charge in [-0.2, -0.15) is 0 Å². The molecular formula is C21H24O4. The zero-order valence-electron chi connectivity index (χ0n) is 14.8. The molecule has 25 heavy (non-hydrogen) atoms. The van der Waals surface area contributed by atoms with Crippen molar-refractivity contribution in [2.24, 2.45) is 0 Å². The Morgan fingerprint density at radius 2 is 1.60 bits per heavy atom. The number of phenols is 1. The van der Waals surface area contributed by atoms with Crippen LogP contribution in [-0.2, 0) is 17.6 Å². The molecule has 0 spiro atoms. The maximum Gasteiger partial charge on any atom is 0.168 e. The van der Waals surface area contributed by atoms with E-state index in [1.165, 1.54) is 0 Å². The second-order valence-electron chi connectivity index (χ2n) is 6.48. The van der Waals surface area contributed by atoms with Crippen molar-refractivity contribution in [1.29, 1.82) is 0 Å². The molecule has 4 bridgehead atoms. The number of fused-ring (bicyclic) bond motifs is 5. The number of aromatic hydroxyl groups is 1. The summed E-state index contributed by atoms with van der Waals surface area (Å²) in [6.07, 6.45) is 4.56. The summed E-state index contributed by atoms with van der Waals surface area (Å²) in [7, 11) is 3.23. The van der Waals surface area contributed by atoms with E-state index < -0.39 is 0 Å². The third kappa shape index (κ3) is 3.78. The number of carbonyl (C=O) groups is 1. The number of ketones is 1. The number of aryl methyl sites for hydroxylation is 2. The smallest absolute Gasteiger partial charge is 0.168 e. The van der Waals surface area contributed by atoms with Crippen molar-refractivity contribution in [3.05, 3.63) is 41.5 Å². The van der Waals surface area contributed by atoms with Crippen molar-refractivity contribution in [1.82, 2.24) is 0 Å². The minimum Gasteiger partial charge on any atom is -0.507 e. The third-order valence-corrected chi connectivity index (χ3v) is 4.75. The summed E-state index contributed by atoms with van der Waals surface area (Å²) in [5.41, 5.74) is 3.68. The highest BCUT2D eigenvalue weighted by molar-refractivity contribution is 5.80. The van der Waals surface area contributed by atoms with Gasteiger partial charge in [0, 0.05) is 24.0 Å². The van der Waals surface area contributed by atoms with E-state index in [-0.39, 0.29) is 5.75 Å². The van der Waals surface area contributed by atoms with Gasteiger partial charge in [0.2, 0.25) is 0 Å². The number of phenolic OH excluding ortho intramolecular Hbond substituents is 1. The lowest BCUT2D eigenvalue weighted by Crippen LogP contribution is -2.00. The Morgan fingerprint density at radius 3 is 2.36 bits per heavy atom. The van der Waals surface area contributed by atoms with Crippen LogP contribution < -0.4 is 9.47 Å².